The van der Waals surface area contributed by atoms with Crippen molar-refractivity contribution in [3.8, 4) is 11.5 Å². The van der Waals surface area contributed by atoms with Crippen LogP contribution in [0.15, 0.2) is 46.9 Å². The normalized spacial score (nSPS) is 12.0. The van der Waals surface area contributed by atoms with Gasteiger partial charge in [0, 0.05) is 10.6 Å². The maximum Gasteiger partial charge on any atom is 0.340 e. The van der Waals surface area contributed by atoms with Crippen molar-refractivity contribution in [3.05, 3.63) is 69.8 Å². The van der Waals surface area contributed by atoms with Crippen LogP contribution in [0, 0.1) is 5.82 Å². The molecule has 8 heteroatoms. The van der Waals surface area contributed by atoms with Crippen LogP contribution in [-0.4, -0.2) is 16.2 Å². The van der Waals surface area contributed by atoms with E-state index in [1.165, 1.54) is 36.4 Å². The van der Waals surface area contributed by atoms with E-state index < -0.39 is 12.1 Å². The molecule has 1 atom stereocenters. The van der Waals surface area contributed by atoms with Crippen LogP contribution >= 0.6 is 23.2 Å². The number of halogens is 3. The quantitative estimate of drug-likeness (QED) is 0.589. The Morgan fingerprint density at radius 1 is 1.16 bits per heavy atom. The van der Waals surface area contributed by atoms with Gasteiger partial charge in [-0.05, 0) is 49.4 Å². The van der Waals surface area contributed by atoms with Crippen molar-refractivity contribution < 1.29 is 18.3 Å². The number of ether oxygens (including phenoxy) is 1. The first-order valence-corrected chi connectivity index (χ1v) is 7.95. The molecule has 0 aliphatic carbocycles. The highest BCUT2D eigenvalue weighted by Crippen LogP contribution is 2.26. The Labute approximate surface area is 152 Å². The summed E-state index contributed by atoms with van der Waals surface area (Å²) >= 11 is 11.8. The molecule has 128 valence electrons. The molecule has 0 radical (unpaired) electrons. The number of hydrogen-bond acceptors (Lipinski definition) is 5. The average Bonchev–Trinajstić information content (AvgIpc) is 3.07. The number of rotatable bonds is 4. The Morgan fingerprint density at radius 3 is 2.60 bits per heavy atom. The van der Waals surface area contributed by atoms with Gasteiger partial charge < -0.3 is 9.15 Å². The van der Waals surface area contributed by atoms with E-state index in [0.29, 0.717) is 10.6 Å². The van der Waals surface area contributed by atoms with E-state index in [9.17, 15) is 9.18 Å². The summed E-state index contributed by atoms with van der Waals surface area (Å²) in [6.07, 6.45) is -0.802. The maximum atomic E-state index is 13.0. The van der Waals surface area contributed by atoms with E-state index in [1.807, 2.05) is 0 Å². The highest BCUT2D eigenvalue weighted by molar-refractivity contribution is 6.35. The first kappa shape index (κ1) is 17.4. The van der Waals surface area contributed by atoms with Crippen molar-refractivity contribution in [2.45, 2.75) is 13.0 Å². The van der Waals surface area contributed by atoms with E-state index in [2.05, 4.69) is 10.2 Å². The molecule has 0 unspecified atom stereocenters. The summed E-state index contributed by atoms with van der Waals surface area (Å²) < 4.78 is 23.7. The van der Waals surface area contributed by atoms with Gasteiger partial charge in [0.05, 0.1) is 10.6 Å². The lowest BCUT2D eigenvalue weighted by molar-refractivity contribution is 0.0280. The third-order valence-electron chi connectivity index (χ3n) is 3.31. The number of carbonyl (C=O) groups excluding carboxylic acids is 1. The molecule has 0 N–H and O–H groups in total. The van der Waals surface area contributed by atoms with Gasteiger partial charge in [-0.1, -0.05) is 23.2 Å². The van der Waals surface area contributed by atoms with Gasteiger partial charge in [-0.15, -0.1) is 10.2 Å². The van der Waals surface area contributed by atoms with Crippen molar-refractivity contribution in [3.63, 3.8) is 0 Å². The van der Waals surface area contributed by atoms with Crippen molar-refractivity contribution >= 4 is 29.2 Å². The van der Waals surface area contributed by atoms with Gasteiger partial charge in [-0.3, -0.25) is 0 Å². The lowest BCUT2D eigenvalue weighted by Crippen LogP contribution is -2.10. The van der Waals surface area contributed by atoms with Crippen LogP contribution in [0.1, 0.15) is 29.3 Å². The van der Waals surface area contributed by atoms with E-state index in [1.54, 1.807) is 13.0 Å². The fraction of sp³-hybridized carbons (Fsp3) is 0.118. The van der Waals surface area contributed by atoms with E-state index in [-0.39, 0.29) is 28.2 Å². The Hall–Kier alpha value is -2.44. The van der Waals surface area contributed by atoms with E-state index >= 15 is 0 Å². The molecule has 0 amide bonds. The summed E-state index contributed by atoms with van der Waals surface area (Å²) in [5.74, 6) is -0.741. The molecule has 0 saturated carbocycles. The first-order valence-electron chi connectivity index (χ1n) is 7.19. The summed E-state index contributed by atoms with van der Waals surface area (Å²) in [6.45, 7) is 1.58. The molecule has 0 spiro atoms. The minimum atomic E-state index is -0.802. The third kappa shape index (κ3) is 3.97. The Morgan fingerprint density at radius 2 is 1.88 bits per heavy atom. The minimum absolute atomic E-state index is 0.103. The Bertz CT molecular complexity index is 913. The molecule has 0 fully saturated rings. The lowest BCUT2D eigenvalue weighted by Gasteiger charge is -2.10. The molecular formula is C17H11Cl2FN2O3. The third-order valence-corrected chi connectivity index (χ3v) is 3.88. The fourth-order valence-electron chi connectivity index (χ4n) is 2.04. The summed E-state index contributed by atoms with van der Waals surface area (Å²) in [7, 11) is 0. The summed E-state index contributed by atoms with van der Waals surface area (Å²) in [5, 5.41) is 8.31. The fourth-order valence-corrected chi connectivity index (χ4v) is 2.40. The van der Waals surface area contributed by atoms with Crippen LogP contribution < -0.4 is 0 Å². The van der Waals surface area contributed by atoms with Crippen LogP contribution in [0.4, 0.5) is 4.39 Å². The molecule has 0 bridgehead atoms. The predicted molar refractivity (Wildman–Crippen MR) is 90.0 cm³/mol. The van der Waals surface area contributed by atoms with Crippen LogP contribution in [-0.2, 0) is 4.74 Å². The van der Waals surface area contributed by atoms with Crippen LogP contribution in [0.25, 0.3) is 11.5 Å². The lowest BCUT2D eigenvalue weighted by atomic mass is 10.2. The van der Waals surface area contributed by atoms with Gasteiger partial charge in [0.1, 0.15) is 5.82 Å². The maximum absolute atomic E-state index is 13.0. The summed E-state index contributed by atoms with van der Waals surface area (Å²) in [4.78, 5) is 12.2. The molecule has 0 aliphatic rings. The zero-order valence-corrected chi connectivity index (χ0v) is 14.4. The largest absolute Gasteiger partial charge is 0.449 e. The van der Waals surface area contributed by atoms with Gasteiger partial charge in [0.2, 0.25) is 5.89 Å². The molecule has 3 rings (SSSR count). The van der Waals surface area contributed by atoms with Crippen LogP contribution in [0.3, 0.4) is 0 Å². The zero-order valence-electron chi connectivity index (χ0n) is 12.9. The second-order valence-corrected chi connectivity index (χ2v) is 5.97. The summed E-state index contributed by atoms with van der Waals surface area (Å²) in [5.41, 5.74) is 0.691. The average molecular weight is 381 g/mol. The molecule has 3 aromatic rings. The van der Waals surface area contributed by atoms with E-state index in [0.717, 1.165) is 0 Å². The summed E-state index contributed by atoms with van der Waals surface area (Å²) in [6, 6.07) is 10.1. The number of aromatic nitrogens is 2. The highest BCUT2D eigenvalue weighted by Gasteiger charge is 2.21. The van der Waals surface area contributed by atoms with Gasteiger partial charge in [-0.2, -0.15) is 0 Å². The zero-order chi connectivity index (χ0) is 18.0. The molecule has 5 nitrogen and oxygen atoms in total. The molecule has 1 aromatic heterocycles. The highest BCUT2D eigenvalue weighted by atomic mass is 35.5. The van der Waals surface area contributed by atoms with Crippen molar-refractivity contribution in [1.29, 1.82) is 0 Å². The first-order chi connectivity index (χ1) is 11.9. The molecule has 25 heavy (non-hydrogen) atoms. The topological polar surface area (TPSA) is 65.2 Å². The number of esters is 1. The molecule has 2 aromatic carbocycles. The number of nitrogens with zero attached hydrogens (tertiary/aromatic N) is 2. The number of benzene rings is 2. The van der Waals surface area contributed by atoms with Gasteiger partial charge >= 0.3 is 5.97 Å². The number of hydrogen-bond donors (Lipinski definition) is 0. The van der Waals surface area contributed by atoms with Crippen molar-refractivity contribution in [2.75, 3.05) is 0 Å². The number of carbonyl (C=O) groups is 1. The van der Waals surface area contributed by atoms with Crippen molar-refractivity contribution in [2.24, 2.45) is 0 Å². The van der Waals surface area contributed by atoms with Gasteiger partial charge in [0.25, 0.3) is 5.89 Å². The second kappa shape index (κ2) is 7.21. The Balaban J connectivity index is 1.75. The predicted octanol–water partition coefficient (Wildman–Crippen LogP) is 5.10. The van der Waals surface area contributed by atoms with Crippen LogP contribution in [0.2, 0.25) is 10.0 Å². The van der Waals surface area contributed by atoms with Gasteiger partial charge in [0.15, 0.2) is 6.10 Å². The minimum Gasteiger partial charge on any atom is -0.449 e. The molecular weight excluding hydrogens is 370 g/mol. The standard InChI is InChI=1S/C17H11Cl2FN2O3/c1-9(24-17(23)13-8-11(18)4-7-14(13)19)15-21-22-16(25-15)10-2-5-12(20)6-3-10/h2-9H,1H3/t9-/m1/s1. The smallest absolute Gasteiger partial charge is 0.340 e. The van der Waals surface area contributed by atoms with E-state index in [4.69, 9.17) is 32.4 Å². The van der Waals surface area contributed by atoms with Gasteiger partial charge in [-0.25, -0.2) is 9.18 Å². The Kier molecular flexibility index (Phi) is 5.01. The van der Waals surface area contributed by atoms with Crippen molar-refractivity contribution in [1.82, 2.24) is 10.2 Å². The van der Waals surface area contributed by atoms with Crippen LogP contribution in [0.5, 0.6) is 0 Å². The molecule has 0 aliphatic heterocycles. The SMILES string of the molecule is C[C@@H](OC(=O)c1cc(Cl)ccc1Cl)c1nnc(-c2ccc(F)cc2)o1. The molecule has 0 saturated heterocycles. The monoisotopic (exact) mass is 380 g/mol. The second-order valence-electron chi connectivity index (χ2n) is 5.12. The molecule has 1 heterocycles.